The Morgan fingerprint density at radius 3 is 2.30 bits per heavy atom. The third-order valence-electron chi connectivity index (χ3n) is 3.36. The predicted molar refractivity (Wildman–Crippen MR) is 87.6 cm³/mol. The molecule has 0 aliphatic rings. The summed E-state index contributed by atoms with van der Waals surface area (Å²) >= 11 is 0. The van der Waals surface area contributed by atoms with Gasteiger partial charge in [-0.3, -0.25) is 9.59 Å². The van der Waals surface area contributed by atoms with Crippen LogP contribution in [0, 0.1) is 11.7 Å². The average Bonchev–Trinajstić information content (AvgIpc) is 2.52. The van der Waals surface area contributed by atoms with E-state index in [0.29, 0.717) is 11.3 Å². The normalized spacial score (nSPS) is 11.8. The Morgan fingerprint density at radius 1 is 1.00 bits per heavy atom. The minimum Gasteiger partial charge on any atom is -0.340 e. The summed E-state index contributed by atoms with van der Waals surface area (Å²) in [6.45, 7) is 3.67. The summed E-state index contributed by atoms with van der Waals surface area (Å²) in [4.78, 5) is 24.6. The van der Waals surface area contributed by atoms with Gasteiger partial charge in [0.2, 0.25) is 5.91 Å². The fraction of sp³-hybridized carbons (Fsp3) is 0.222. The lowest BCUT2D eigenvalue weighted by Gasteiger charge is -2.21. The second-order valence-corrected chi connectivity index (χ2v) is 5.56. The number of carbonyl (C=O) groups excluding carboxylic acids is 2. The molecule has 0 aromatic heterocycles. The van der Waals surface area contributed by atoms with E-state index in [1.54, 1.807) is 30.3 Å². The minimum absolute atomic E-state index is 0.115. The van der Waals surface area contributed by atoms with Gasteiger partial charge >= 0.3 is 0 Å². The molecule has 1 unspecified atom stereocenters. The topological polar surface area (TPSA) is 58.2 Å². The van der Waals surface area contributed by atoms with Gasteiger partial charge in [0.25, 0.3) is 5.91 Å². The molecule has 0 saturated carbocycles. The molecule has 1 atom stereocenters. The Bertz CT molecular complexity index is 686. The Hall–Kier alpha value is -2.69. The van der Waals surface area contributed by atoms with E-state index in [-0.39, 0.29) is 17.7 Å². The molecule has 2 aromatic carbocycles. The molecule has 0 saturated heterocycles. The van der Waals surface area contributed by atoms with Crippen molar-refractivity contribution in [2.24, 2.45) is 5.92 Å². The summed E-state index contributed by atoms with van der Waals surface area (Å²) in [5.41, 5.74) is 0.839. The fourth-order valence-corrected chi connectivity index (χ4v) is 2.14. The third kappa shape index (κ3) is 4.64. The van der Waals surface area contributed by atoms with E-state index in [2.05, 4.69) is 10.6 Å². The molecule has 0 aliphatic carbocycles. The molecule has 0 radical (unpaired) electrons. The number of hydrogen-bond donors (Lipinski definition) is 2. The molecule has 2 N–H and O–H groups in total. The largest absolute Gasteiger partial charge is 0.340 e. The number of halogens is 1. The molecule has 0 heterocycles. The van der Waals surface area contributed by atoms with Crippen molar-refractivity contribution >= 4 is 17.5 Å². The summed E-state index contributed by atoms with van der Waals surface area (Å²) in [7, 11) is 0. The van der Waals surface area contributed by atoms with Crippen LogP contribution in [-0.2, 0) is 4.79 Å². The van der Waals surface area contributed by atoms with Crippen LogP contribution in [0.1, 0.15) is 24.2 Å². The molecule has 4 nitrogen and oxygen atoms in total. The quantitative estimate of drug-likeness (QED) is 0.890. The number of hydrogen-bond acceptors (Lipinski definition) is 2. The highest BCUT2D eigenvalue weighted by Crippen LogP contribution is 2.12. The molecule has 2 rings (SSSR count). The van der Waals surface area contributed by atoms with E-state index >= 15 is 0 Å². The average molecular weight is 314 g/mol. The summed E-state index contributed by atoms with van der Waals surface area (Å²) in [6, 6.07) is 13.6. The Balaban J connectivity index is 2.09. The summed E-state index contributed by atoms with van der Waals surface area (Å²) in [5.74, 6) is -1.25. The molecule has 23 heavy (non-hydrogen) atoms. The number of nitrogens with one attached hydrogen (secondary N) is 2. The van der Waals surface area contributed by atoms with Gasteiger partial charge in [0.05, 0.1) is 0 Å². The zero-order valence-corrected chi connectivity index (χ0v) is 13.0. The van der Waals surface area contributed by atoms with Gasteiger partial charge in [-0.1, -0.05) is 38.1 Å². The van der Waals surface area contributed by atoms with Gasteiger partial charge in [-0.15, -0.1) is 0 Å². The van der Waals surface area contributed by atoms with Gasteiger partial charge in [-0.25, -0.2) is 4.39 Å². The number of anilines is 1. The van der Waals surface area contributed by atoms with Gasteiger partial charge in [-0.05, 0) is 36.2 Å². The second-order valence-electron chi connectivity index (χ2n) is 5.56. The molecular weight excluding hydrogens is 295 g/mol. The predicted octanol–water partition coefficient (Wildman–Crippen LogP) is 3.22. The fourth-order valence-electron chi connectivity index (χ4n) is 2.14. The van der Waals surface area contributed by atoms with Gasteiger partial charge in [0, 0.05) is 11.3 Å². The van der Waals surface area contributed by atoms with Crippen molar-refractivity contribution < 1.29 is 14.0 Å². The second kappa shape index (κ2) is 7.54. The van der Waals surface area contributed by atoms with Crippen molar-refractivity contribution in [1.29, 1.82) is 0 Å². The molecule has 0 aliphatic heterocycles. The number of benzene rings is 2. The van der Waals surface area contributed by atoms with E-state index in [0.717, 1.165) is 0 Å². The summed E-state index contributed by atoms with van der Waals surface area (Å²) < 4.78 is 13.2. The molecule has 2 aromatic rings. The molecule has 120 valence electrons. The Kier molecular flexibility index (Phi) is 5.46. The van der Waals surface area contributed by atoms with Crippen LogP contribution in [0.15, 0.2) is 54.6 Å². The number of carbonyl (C=O) groups is 2. The van der Waals surface area contributed by atoms with E-state index in [9.17, 15) is 14.0 Å². The Morgan fingerprint density at radius 2 is 1.70 bits per heavy atom. The monoisotopic (exact) mass is 314 g/mol. The first kappa shape index (κ1) is 16.7. The summed E-state index contributed by atoms with van der Waals surface area (Å²) in [6.07, 6.45) is 0. The first-order chi connectivity index (χ1) is 11.0. The molecular formula is C18H19FN2O2. The zero-order chi connectivity index (χ0) is 16.8. The molecule has 5 heteroatoms. The maximum absolute atomic E-state index is 13.2. The van der Waals surface area contributed by atoms with Gasteiger partial charge in [0.15, 0.2) is 0 Å². The van der Waals surface area contributed by atoms with Crippen LogP contribution in [0.5, 0.6) is 0 Å². The summed E-state index contributed by atoms with van der Waals surface area (Å²) in [5, 5.41) is 5.35. The molecule has 0 bridgehead atoms. The van der Waals surface area contributed by atoms with Crippen molar-refractivity contribution in [3.8, 4) is 0 Å². The zero-order valence-electron chi connectivity index (χ0n) is 13.0. The van der Waals surface area contributed by atoms with Crippen LogP contribution in [0.25, 0.3) is 0 Å². The van der Waals surface area contributed by atoms with Crippen LogP contribution in [0.4, 0.5) is 10.1 Å². The highest BCUT2D eigenvalue weighted by atomic mass is 19.1. The van der Waals surface area contributed by atoms with Gasteiger partial charge in [-0.2, -0.15) is 0 Å². The van der Waals surface area contributed by atoms with Crippen molar-refractivity contribution in [3.05, 3.63) is 66.0 Å². The van der Waals surface area contributed by atoms with Crippen LogP contribution >= 0.6 is 0 Å². The van der Waals surface area contributed by atoms with Crippen molar-refractivity contribution in [1.82, 2.24) is 5.32 Å². The van der Waals surface area contributed by atoms with Crippen LogP contribution in [-0.4, -0.2) is 17.9 Å². The lowest BCUT2D eigenvalue weighted by Crippen LogP contribution is -2.47. The number of rotatable bonds is 5. The van der Waals surface area contributed by atoms with E-state index in [4.69, 9.17) is 0 Å². The lowest BCUT2D eigenvalue weighted by atomic mass is 10.0. The third-order valence-corrected chi connectivity index (χ3v) is 3.36. The molecule has 2 amide bonds. The molecule has 0 fully saturated rings. The smallest absolute Gasteiger partial charge is 0.251 e. The van der Waals surface area contributed by atoms with Crippen LogP contribution < -0.4 is 10.6 Å². The van der Waals surface area contributed by atoms with Gasteiger partial charge in [0.1, 0.15) is 11.9 Å². The Labute approximate surface area is 134 Å². The minimum atomic E-state index is -0.717. The van der Waals surface area contributed by atoms with E-state index in [1.165, 1.54) is 18.2 Å². The first-order valence-electron chi connectivity index (χ1n) is 7.39. The highest BCUT2D eigenvalue weighted by Gasteiger charge is 2.24. The van der Waals surface area contributed by atoms with Crippen molar-refractivity contribution in [2.75, 3.05) is 5.32 Å². The lowest BCUT2D eigenvalue weighted by molar-refractivity contribution is -0.118. The van der Waals surface area contributed by atoms with Crippen LogP contribution in [0.2, 0.25) is 0 Å². The van der Waals surface area contributed by atoms with Crippen molar-refractivity contribution in [2.45, 2.75) is 19.9 Å². The maximum Gasteiger partial charge on any atom is 0.251 e. The van der Waals surface area contributed by atoms with Crippen molar-refractivity contribution in [3.63, 3.8) is 0 Å². The highest BCUT2D eigenvalue weighted by molar-refractivity contribution is 6.01. The first-order valence-corrected chi connectivity index (χ1v) is 7.39. The van der Waals surface area contributed by atoms with Crippen LogP contribution in [0.3, 0.4) is 0 Å². The maximum atomic E-state index is 13.2. The van der Waals surface area contributed by atoms with E-state index in [1.807, 2.05) is 19.9 Å². The standard InChI is InChI=1S/C18H19FN2O2/c1-12(2)16(21-17(22)13-7-4-3-5-8-13)18(23)20-15-10-6-9-14(19)11-15/h3-12,16H,1-2H3,(H,20,23)(H,21,22). The molecule has 0 spiro atoms. The number of amides is 2. The van der Waals surface area contributed by atoms with Gasteiger partial charge < -0.3 is 10.6 Å². The van der Waals surface area contributed by atoms with E-state index < -0.39 is 11.9 Å². The SMILES string of the molecule is CC(C)C(NC(=O)c1ccccc1)C(=O)Nc1cccc(F)c1.